The second-order valence-corrected chi connectivity index (χ2v) is 12.4. The highest BCUT2D eigenvalue weighted by Gasteiger charge is 2.23. The number of hydrogen-bond acceptors (Lipinski definition) is 4. The van der Waals surface area contributed by atoms with Crippen LogP contribution < -0.4 is 16.0 Å². The SMILES string of the molecule is O=C(Nc1cccc(SC(C(=O)Nc2ccccc2F)c2ccccc2)c1)/C(=C\c1ccc(-c2ccccc2)cc1)NC(=O)c1ccccc1. The van der Waals surface area contributed by atoms with Gasteiger partial charge < -0.3 is 16.0 Å². The molecule has 0 aliphatic carbocycles. The highest BCUT2D eigenvalue weighted by Crippen LogP contribution is 2.37. The van der Waals surface area contributed by atoms with E-state index in [9.17, 15) is 18.8 Å². The van der Waals surface area contributed by atoms with Crippen molar-refractivity contribution in [3.63, 3.8) is 0 Å². The highest BCUT2D eigenvalue weighted by molar-refractivity contribution is 8.00. The summed E-state index contributed by atoms with van der Waals surface area (Å²) in [5, 5.41) is 7.67. The summed E-state index contributed by atoms with van der Waals surface area (Å²) < 4.78 is 14.4. The number of carbonyl (C=O) groups excluding carboxylic acids is 3. The van der Waals surface area contributed by atoms with E-state index < -0.39 is 28.8 Å². The maximum atomic E-state index is 14.4. The monoisotopic (exact) mass is 677 g/mol. The van der Waals surface area contributed by atoms with E-state index >= 15 is 0 Å². The number of halogens is 1. The van der Waals surface area contributed by atoms with E-state index in [1.807, 2.05) is 97.1 Å². The van der Waals surface area contributed by atoms with Gasteiger partial charge in [0.05, 0.1) is 5.69 Å². The lowest BCUT2D eigenvalue weighted by molar-refractivity contribution is -0.116. The molecule has 0 aromatic heterocycles. The number of rotatable bonds is 11. The topological polar surface area (TPSA) is 87.3 Å². The quantitative estimate of drug-likeness (QED) is 0.0942. The zero-order valence-corrected chi connectivity index (χ0v) is 27.6. The van der Waals surface area contributed by atoms with Crippen LogP contribution in [0.2, 0.25) is 0 Å². The molecule has 50 heavy (non-hydrogen) atoms. The first-order chi connectivity index (χ1) is 24.4. The van der Waals surface area contributed by atoms with E-state index in [0.29, 0.717) is 16.1 Å². The van der Waals surface area contributed by atoms with Gasteiger partial charge in [-0.05, 0) is 70.8 Å². The molecule has 3 N–H and O–H groups in total. The summed E-state index contributed by atoms with van der Waals surface area (Å²) in [4.78, 5) is 41.1. The molecule has 8 heteroatoms. The molecule has 1 atom stereocenters. The number of benzene rings is 6. The van der Waals surface area contributed by atoms with Crippen LogP contribution in [0.3, 0.4) is 0 Å². The van der Waals surface area contributed by atoms with Crippen LogP contribution in [0.5, 0.6) is 0 Å². The lowest BCUT2D eigenvalue weighted by Crippen LogP contribution is -2.30. The van der Waals surface area contributed by atoms with E-state index in [-0.39, 0.29) is 11.4 Å². The number of para-hydroxylation sites is 1. The van der Waals surface area contributed by atoms with Crippen LogP contribution in [-0.2, 0) is 9.59 Å². The predicted octanol–water partition coefficient (Wildman–Crippen LogP) is 9.37. The average Bonchev–Trinajstić information content (AvgIpc) is 3.16. The van der Waals surface area contributed by atoms with Crippen molar-refractivity contribution in [2.75, 3.05) is 10.6 Å². The molecule has 0 bridgehead atoms. The van der Waals surface area contributed by atoms with Gasteiger partial charge in [0.25, 0.3) is 11.8 Å². The first-order valence-corrected chi connectivity index (χ1v) is 16.7. The van der Waals surface area contributed by atoms with Crippen LogP contribution in [0.25, 0.3) is 17.2 Å². The van der Waals surface area contributed by atoms with Crippen LogP contribution in [0.4, 0.5) is 15.8 Å². The molecule has 1 unspecified atom stereocenters. The lowest BCUT2D eigenvalue weighted by atomic mass is 10.0. The smallest absolute Gasteiger partial charge is 0.272 e. The standard InChI is InChI=1S/C42H32FN3O3S/c43-36-21-10-11-22-37(36)45-42(49)39(32-15-6-2-7-16-32)50-35-20-12-19-34(28-35)44-41(48)38(46-40(47)33-17-8-3-9-18-33)27-29-23-25-31(26-24-29)30-13-4-1-5-14-30/h1-28,39H,(H,44,48)(H,45,49)(H,46,47)/b38-27+. The fourth-order valence-electron chi connectivity index (χ4n) is 5.15. The Morgan fingerprint density at radius 3 is 1.94 bits per heavy atom. The fraction of sp³-hybridized carbons (Fsp3) is 0.0238. The predicted molar refractivity (Wildman–Crippen MR) is 199 cm³/mol. The number of anilines is 2. The van der Waals surface area contributed by atoms with Crippen LogP contribution >= 0.6 is 11.8 Å². The van der Waals surface area contributed by atoms with Crippen molar-refractivity contribution in [2.45, 2.75) is 10.1 Å². The average molecular weight is 678 g/mol. The number of carbonyl (C=O) groups is 3. The van der Waals surface area contributed by atoms with Gasteiger partial charge in [-0.1, -0.05) is 121 Å². The first kappa shape index (κ1) is 33.6. The van der Waals surface area contributed by atoms with E-state index in [1.165, 1.54) is 23.9 Å². The van der Waals surface area contributed by atoms with E-state index in [4.69, 9.17) is 0 Å². The van der Waals surface area contributed by atoms with Crippen molar-refractivity contribution in [3.05, 3.63) is 192 Å². The highest BCUT2D eigenvalue weighted by atomic mass is 32.2. The summed E-state index contributed by atoms with van der Waals surface area (Å²) in [6.45, 7) is 0. The molecule has 0 radical (unpaired) electrons. The zero-order chi connectivity index (χ0) is 34.7. The number of thioether (sulfide) groups is 1. The minimum atomic E-state index is -0.721. The van der Waals surface area contributed by atoms with Crippen LogP contribution in [0.1, 0.15) is 26.7 Å². The maximum Gasteiger partial charge on any atom is 0.272 e. The number of amides is 3. The molecule has 6 aromatic carbocycles. The Bertz CT molecular complexity index is 2120. The molecule has 0 fully saturated rings. The number of nitrogens with one attached hydrogen (secondary N) is 3. The molecule has 6 aromatic rings. The summed E-state index contributed by atoms with van der Waals surface area (Å²) in [5.41, 5.74) is 4.54. The van der Waals surface area contributed by atoms with E-state index in [2.05, 4.69) is 16.0 Å². The van der Waals surface area contributed by atoms with Crippen molar-refractivity contribution in [1.29, 1.82) is 0 Å². The van der Waals surface area contributed by atoms with Crippen molar-refractivity contribution < 1.29 is 18.8 Å². The second kappa shape index (κ2) is 16.2. The molecule has 246 valence electrons. The Balaban J connectivity index is 1.24. The van der Waals surface area contributed by atoms with Gasteiger partial charge >= 0.3 is 0 Å². The van der Waals surface area contributed by atoms with Gasteiger partial charge in [-0.15, -0.1) is 11.8 Å². The summed E-state index contributed by atoms with van der Waals surface area (Å²) in [6.07, 6.45) is 1.63. The lowest BCUT2D eigenvalue weighted by Gasteiger charge is -2.18. The maximum absolute atomic E-state index is 14.4. The first-order valence-electron chi connectivity index (χ1n) is 15.8. The Hall–Kier alpha value is -6.25. The Labute approximate surface area is 294 Å². The molecule has 0 heterocycles. The van der Waals surface area contributed by atoms with Gasteiger partial charge in [0.2, 0.25) is 5.91 Å². The molecule has 3 amide bonds. The van der Waals surface area contributed by atoms with Crippen molar-refractivity contribution in [1.82, 2.24) is 5.32 Å². The summed E-state index contributed by atoms with van der Waals surface area (Å²) in [7, 11) is 0. The summed E-state index contributed by atoms with van der Waals surface area (Å²) in [6, 6.07) is 48.6. The van der Waals surface area contributed by atoms with Gasteiger partial charge in [-0.3, -0.25) is 14.4 Å². The van der Waals surface area contributed by atoms with Crippen LogP contribution in [0.15, 0.2) is 174 Å². The molecule has 0 saturated carbocycles. The minimum Gasteiger partial charge on any atom is -0.322 e. The fourth-order valence-corrected chi connectivity index (χ4v) is 6.24. The third kappa shape index (κ3) is 8.80. The number of hydrogen-bond donors (Lipinski definition) is 3. The molecule has 0 aliphatic heterocycles. The van der Waals surface area contributed by atoms with Crippen molar-refractivity contribution in [3.8, 4) is 11.1 Å². The van der Waals surface area contributed by atoms with Gasteiger partial charge in [0.15, 0.2) is 0 Å². The zero-order valence-electron chi connectivity index (χ0n) is 26.8. The van der Waals surface area contributed by atoms with Gasteiger partial charge in [0, 0.05) is 16.1 Å². The largest absolute Gasteiger partial charge is 0.322 e. The van der Waals surface area contributed by atoms with Crippen LogP contribution in [-0.4, -0.2) is 17.7 Å². The molecule has 0 aliphatic rings. The third-order valence-corrected chi connectivity index (χ3v) is 8.92. The Kier molecular flexibility index (Phi) is 10.9. The summed E-state index contributed by atoms with van der Waals surface area (Å²) in [5.74, 6) is -1.88. The van der Waals surface area contributed by atoms with E-state index in [0.717, 1.165) is 22.3 Å². The Morgan fingerprint density at radius 2 is 1.24 bits per heavy atom. The van der Waals surface area contributed by atoms with Crippen molar-refractivity contribution in [2.24, 2.45) is 0 Å². The Morgan fingerprint density at radius 1 is 0.620 bits per heavy atom. The van der Waals surface area contributed by atoms with Gasteiger partial charge in [0.1, 0.15) is 16.8 Å². The van der Waals surface area contributed by atoms with Crippen LogP contribution in [0, 0.1) is 5.82 Å². The molecular formula is C42H32FN3O3S. The van der Waals surface area contributed by atoms with Gasteiger partial charge in [-0.2, -0.15) is 0 Å². The van der Waals surface area contributed by atoms with Gasteiger partial charge in [-0.25, -0.2) is 4.39 Å². The van der Waals surface area contributed by atoms with E-state index in [1.54, 1.807) is 60.7 Å². The molecule has 6 nitrogen and oxygen atoms in total. The van der Waals surface area contributed by atoms with Crippen molar-refractivity contribution >= 4 is 46.9 Å². The molecule has 0 spiro atoms. The molecule has 6 rings (SSSR count). The molecular weight excluding hydrogens is 646 g/mol. The third-order valence-electron chi connectivity index (χ3n) is 7.68. The summed E-state index contributed by atoms with van der Waals surface area (Å²) >= 11 is 1.26. The molecule has 0 saturated heterocycles. The minimum absolute atomic E-state index is 0.0517. The second-order valence-electron chi connectivity index (χ2n) is 11.2. The normalized spacial score (nSPS) is 11.7.